The molecule has 3 rings (SSSR count). The number of carbonyl (C=O) groups is 1. The van der Waals surface area contributed by atoms with Gasteiger partial charge in [0.15, 0.2) is 0 Å². The van der Waals surface area contributed by atoms with Gasteiger partial charge in [-0.3, -0.25) is 4.79 Å². The molecule has 5 atom stereocenters. The second-order valence-corrected chi connectivity index (χ2v) is 9.03. The minimum Gasteiger partial charge on any atom is -0.392 e. The number of aryl methyl sites for hydroxylation is 1. The molecule has 2 aliphatic carbocycles. The lowest BCUT2D eigenvalue weighted by molar-refractivity contribution is -0.128. The standard InChI is InChI=1S/C26H35NO3/c1-18-7-6-9-19(13-18)15-22(28)11-12-23-24-16-20(14-21(24)17-25(23)29)8-4-5-10-26(30)27(2)3/h4,6-9,11-14,21-25,28-29H,5,10,15-17H2,1-3H3/t21-,22-,23+,24-,25+/m0/s1. The maximum atomic E-state index is 11.7. The van der Waals surface area contributed by atoms with Crippen LogP contribution in [0.1, 0.15) is 36.8 Å². The number of allylic oxidation sites excluding steroid dienone is 4. The fourth-order valence-corrected chi connectivity index (χ4v) is 4.74. The van der Waals surface area contributed by atoms with Gasteiger partial charge in [-0.2, -0.15) is 0 Å². The number of hydrogen-bond acceptors (Lipinski definition) is 3. The Hall–Kier alpha value is -2.17. The van der Waals surface area contributed by atoms with Crippen LogP contribution in [0.15, 0.2) is 60.2 Å². The van der Waals surface area contributed by atoms with Gasteiger partial charge >= 0.3 is 0 Å². The second kappa shape index (κ2) is 10.2. The highest BCUT2D eigenvalue weighted by Crippen LogP contribution is 2.47. The van der Waals surface area contributed by atoms with E-state index in [4.69, 9.17) is 0 Å². The lowest BCUT2D eigenvalue weighted by Crippen LogP contribution is -2.20. The van der Waals surface area contributed by atoms with Crippen molar-refractivity contribution >= 4 is 5.91 Å². The second-order valence-electron chi connectivity index (χ2n) is 9.03. The normalized spacial score (nSPS) is 26.9. The lowest BCUT2D eigenvalue weighted by atomic mass is 9.89. The first-order chi connectivity index (χ1) is 14.3. The number of aliphatic hydroxyl groups is 2. The first-order valence-corrected chi connectivity index (χ1v) is 11.0. The monoisotopic (exact) mass is 409 g/mol. The van der Waals surface area contributed by atoms with E-state index < -0.39 is 6.10 Å². The fraction of sp³-hybridized carbons (Fsp3) is 0.500. The maximum absolute atomic E-state index is 11.7. The average molecular weight is 410 g/mol. The average Bonchev–Trinajstić information content (AvgIpc) is 3.19. The van der Waals surface area contributed by atoms with Gasteiger partial charge in [-0.05, 0) is 43.6 Å². The lowest BCUT2D eigenvalue weighted by Gasteiger charge is -2.18. The predicted octanol–water partition coefficient (Wildman–Crippen LogP) is 3.82. The van der Waals surface area contributed by atoms with Crippen LogP contribution >= 0.6 is 0 Å². The molecule has 0 aliphatic heterocycles. The third kappa shape index (κ3) is 5.93. The van der Waals surface area contributed by atoms with E-state index >= 15 is 0 Å². The van der Waals surface area contributed by atoms with Crippen molar-refractivity contribution in [2.75, 3.05) is 14.1 Å². The van der Waals surface area contributed by atoms with Crippen molar-refractivity contribution in [3.05, 3.63) is 71.3 Å². The summed E-state index contributed by atoms with van der Waals surface area (Å²) in [5.41, 5.74) is 3.62. The highest BCUT2D eigenvalue weighted by Gasteiger charge is 2.42. The Morgan fingerprint density at radius 1 is 1.33 bits per heavy atom. The van der Waals surface area contributed by atoms with Gasteiger partial charge in [0.1, 0.15) is 0 Å². The van der Waals surface area contributed by atoms with Crippen LogP contribution in [0, 0.1) is 24.7 Å². The molecule has 1 saturated carbocycles. The smallest absolute Gasteiger partial charge is 0.222 e. The van der Waals surface area contributed by atoms with Crippen molar-refractivity contribution in [1.82, 2.24) is 4.90 Å². The van der Waals surface area contributed by atoms with Crippen LogP contribution in [0.4, 0.5) is 0 Å². The van der Waals surface area contributed by atoms with E-state index in [2.05, 4.69) is 37.3 Å². The van der Waals surface area contributed by atoms with Crippen LogP contribution in [-0.4, -0.2) is 47.3 Å². The molecule has 4 heteroatoms. The van der Waals surface area contributed by atoms with Gasteiger partial charge < -0.3 is 15.1 Å². The fourth-order valence-electron chi connectivity index (χ4n) is 4.74. The first-order valence-electron chi connectivity index (χ1n) is 11.0. The Balaban J connectivity index is 1.52. The van der Waals surface area contributed by atoms with E-state index in [1.165, 1.54) is 11.1 Å². The van der Waals surface area contributed by atoms with Crippen LogP contribution in [0.5, 0.6) is 0 Å². The third-order valence-corrected chi connectivity index (χ3v) is 6.34. The summed E-state index contributed by atoms with van der Waals surface area (Å²) in [6, 6.07) is 8.21. The maximum Gasteiger partial charge on any atom is 0.222 e. The topological polar surface area (TPSA) is 60.8 Å². The highest BCUT2D eigenvalue weighted by molar-refractivity contribution is 5.75. The van der Waals surface area contributed by atoms with Crippen molar-refractivity contribution in [1.29, 1.82) is 0 Å². The van der Waals surface area contributed by atoms with E-state index in [-0.39, 0.29) is 17.9 Å². The summed E-state index contributed by atoms with van der Waals surface area (Å²) in [5.74, 6) is 1.02. The van der Waals surface area contributed by atoms with Gasteiger partial charge in [0.2, 0.25) is 5.91 Å². The van der Waals surface area contributed by atoms with Gasteiger partial charge in [0.05, 0.1) is 12.2 Å². The predicted molar refractivity (Wildman–Crippen MR) is 121 cm³/mol. The van der Waals surface area contributed by atoms with E-state index in [1.807, 2.05) is 24.3 Å². The van der Waals surface area contributed by atoms with Crippen molar-refractivity contribution in [2.24, 2.45) is 17.8 Å². The molecule has 0 radical (unpaired) electrons. The molecule has 1 amide bonds. The van der Waals surface area contributed by atoms with Crippen LogP contribution in [0.25, 0.3) is 0 Å². The van der Waals surface area contributed by atoms with E-state index in [1.54, 1.807) is 19.0 Å². The van der Waals surface area contributed by atoms with Crippen molar-refractivity contribution < 1.29 is 15.0 Å². The van der Waals surface area contributed by atoms with Gasteiger partial charge in [-0.25, -0.2) is 0 Å². The first kappa shape index (κ1) is 22.5. The molecule has 0 aromatic heterocycles. The Labute approximate surface area is 180 Å². The van der Waals surface area contributed by atoms with Crippen molar-refractivity contribution in [3.8, 4) is 0 Å². The molecule has 0 saturated heterocycles. The van der Waals surface area contributed by atoms with E-state index in [0.717, 1.165) is 24.8 Å². The number of amides is 1. The summed E-state index contributed by atoms with van der Waals surface area (Å²) >= 11 is 0. The molecular formula is C26H35NO3. The van der Waals surface area contributed by atoms with Gasteiger partial charge in [0.25, 0.3) is 0 Å². The minimum atomic E-state index is -0.541. The number of carbonyl (C=O) groups excluding carboxylic acids is 1. The van der Waals surface area contributed by atoms with Gasteiger partial charge in [-0.15, -0.1) is 0 Å². The van der Waals surface area contributed by atoms with Gasteiger partial charge in [0, 0.05) is 32.9 Å². The number of rotatable bonds is 8. The Bertz CT molecular complexity index is 823. The molecule has 1 aromatic carbocycles. The third-order valence-electron chi connectivity index (χ3n) is 6.34. The van der Waals surface area contributed by atoms with Crippen LogP contribution in [-0.2, 0) is 11.2 Å². The Morgan fingerprint density at radius 2 is 2.13 bits per heavy atom. The molecular weight excluding hydrogens is 374 g/mol. The molecule has 0 spiro atoms. The van der Waals surface area contributed by atoms with E-state index in [0.29, 0.717) is 24.7 Å². The van der Waals surface area contributed by atoms with Crippen LogP contribution < -0.4 is 0 Å². The summed E-state index contributed by atoms with van der Waals surface area (Å²) in [4.78, 5) is 13.3. The summed E-state index contributed by atoms with van der Waals surface area (Å²) < 4.78 is 0. The largest absolute Gasteiger partial charge is 0.392 e. The summed E-state index contributed by atoms with van der Waals surface area (Å²) in [7, 11) is 3.56. The molecule has 30 heavy (non-hydrogen) atoms. The number of fused-ring (bicyclic) bond motifs is 1. The molecule has 4 nitrogen and oxygen atoms in total. The zero-order chi connectivity index (χ0) is 21.7. The number of benzene rings is 1. The van der Waals surface area contributed by atoms with Crippen LogP contribution in [0.2, 0.25) is 0 Å². The van der Waals surface area contributed by atoms with Crippen LogP contribution in [0.3, 0.4) is 0 Å². The Morgan fingerprint density at radius 3 is 2.87 bits per heavy atom. The van der Waals surface area contributed by atoms with Gasteiger partial charge in [-0.1, -0.05) is 65.8 Å². The minimum absolute atomic E-state index is 0.0830. The molecule has 0 heterocycles. The zero-order valence-corrected chi connectivity index (χ0v) is 18.4. The quantitative estimate of drug-likeness (QED) is 0.642. The molecule has 0 unspecified atom stereocenters. The molecule has 2 N–H and O–H groups in total. The number of hydrogen-bond donors (Lipinski definition) is 2. The van der Waals surface area contributed by atoms with Crippen molar-refractivity contribution in [2.45, 2.75) is 51.2 Å². The highest BCUT2D eigenvalue weighted by atomic mass is 16.3. The molecule has 0 bridgehead atoms. The van der Waals surface area contributed by atoms with Crippen molar-refractivity contribution in [3.63, 3.8) is 0 Å². The Kier molecular flexibility index (Phi) is 7.68. The molecule has 2 aliphatic rings. The summed E-state index contributed by atoms with van der Waals surface area (Å²) in [6.07, 6.45) is 13.1. The zero-order valence-electron chi connectivity index (χ0n) is 18.4. The number of aliphatic hydroxyl groups excluding tert-OH is 2. The summed E-state index contributed by atoms with van der Waals surface area (Å²) in [6.45, 7) is 2.06. The molecule has 1 aromatic rings. The number of nitrogens with zero attached hydrogens (tertiary/aromatic N) is 1. The molecule has 162 valence electrons. The van der Waals surface area contributed by atoms with E-state index in [9.17, 15) is 15.0 Å². The SMILES string of the molecule is Cc1cccc(C[C@@H](O)C=C[C@@H]2[C@H]3CC(C=CCCC(=O)N(C)C)=C[C@H]3C[C@H]2O)c1. The molecule has 1 fully saturated rings. The summed E-state index contributed by atoms with van der Waals surface area (Å²) in [5, 5.41) is 21.0.